The summed E-state index contributed by atoms with van der Waals surface area (Å²) in [5.41, 5.74) is 14.7. The molecule has 0 saturated carbocycles. The van der Waals surface area contributed by atoms with E-state index in [1.54, 1.807) is 70.4 Å². The largest absolute Gasteiger partial charge is 0.508 e. The fourth-order valence-corrected chi connectivity index (χ4v) is 9.87. The molecule has 11 atom stereocenters. The van der Waals surface area contributed by atoms with Gasteiger partial charge in [0, 0.05) is 71.8 Å². The van der Waals surface area contributed by atoms with E-state index < -0.39 is 151 Å². The molecule has 90 heavy (non-hydrogen) atoms. The zero-order valence-corrected chi connectivity index (χ0v) is 50.4. The number of aromatic hydroxyl groups is 1. The van der Waals surface area contributed by atoms with E-state index in [0.29, 0.717) is 39.7 Å². The molecule has 29 nitrogen and oxygen atoms in total. The number of aliphatic hydroxyl groups is 1. The molecule has 3 aromatic heterocycles. The van der Waals surface area contributed by atoms with Crippen LogP contribution in [0.3, 0.4) is 0 Å². The maximum atomic E-state index is 14.5. The maximum absolute atomic E-state index is 14.5. The molecule has 6 aromatic rings. The van der Waals surface area contributed by atoms with E-state index in [1.807, 2.05) is 18.2 Å². The second-order valence-corrected chi connectivity index (χ2v) is 22.1. The van der Waals surface area contributed by atoms with E-state index in [4.69, 9.17) is 11.5 Å². The molecule has 0 spiro atoms. The second kappa shape index (κ2) is 32.7. The van der Waals surface area contributed by atoms with Crippen molar-refractivity contribution in [2.45, 2.75) is 134 Å². The van der Waals surface area contributed by atoms with Gasteiger partial charge in [-0.2, -0.15) is 0 Å². The molecule has 0 aliphatic heterocycles. The van der Waals surface area contributed by atoms with Gasteiger partial charge in [-0.15, -0.1) is 0 Å². The number of fused-ring (bicyclic) bond motifs is 2. The Labute approximate surface area is 517 Å². The van der Waals surface area contributed by atoms with Crippen LogP contribution in [-0.4, -0.2) is 168 Å². The van der Waals surface area contributed by atoms with Crippen molar-refractivity contribution in [1.29, 1.82) is 0 Å². The number of benzene rings is 3. The first kappa shape index (κ1) is 68.9. The number of hydrogen-bond donors (Lipinski definition) is 17. The van der Waals surface area contributed by atoms with Crippen LogP contribution in [0, 0.1) is 11.8 Å². The number of aromatic nitrogens is 4. The minimum Gasteiger partial charge on any atom is -0.508 e. The molecule has 10 amide bonds. The Morgan fingerprint density at radius 2 is 0.978 bits per heavy atom. The number of primary amides is 1. The maximum Gasteiger partial charge on any atom is 0.326 e. The lowest BCUT2D eigenvalue weighted by molar-refractivity contribution is -0.142. The van der Waals surface area contributed by atoms with Gasteiger partial charge in [0.2, 0.25) is 59.1 Å². The number of amides is 10. The first-order chi connectivity index (χ1) is 42.9. The van der Waals surface area contributed by atoms with Gasteiger partial charge in [0.05, 0.1) is 25.9 Å². The standard InChI is InChI=1S/C61H79N15O14/c1-6-31(3)51(59(87)73-47(61(89)90)23-37-28-64-30-67-37)75-53(81)33(5)68-54(82)45(22-36-27-66-42-15-11-9-13-40(36)42)71-56(84)46(24-49(63)79)72-58(86)48(29-77)74-60(88)52(32(4)7-2)76-57(85)43(20-34-16-18-38(78)19-17-34)70-55(83)44(69-50(80)25-62)21-35-26-65-41-14-10-8-12-39(35)41/h8-19,26-28,30-33,43-48,51-52,65-66,77-78H,6-7,20-25,29,62H2,1-5H3,(H2,63,79)(H,64,67)(H,68,82)(H,69,80)(H,70,83)(H,71,84)(H,72,86)(H,73,87)(H,74,88)(H,75,81)(H,76,85)(H,89,90)/t31-,32-,33-,43-,44-,45-,46-,47-,48-,51-,52-/m0/s1. The predicted octanol–water partition coefficient (Wildman–Crippen LogP) is -1.27. The van der Waals surface area contributed by atoms with Gasteiger partial charge in [-0.05, 0) is 59.7 Å². The number of aliphatic carboxylic acids is 1. The molecule has 0 radical (unpaired) electrons. The number of nitrogens with one attached hydrogen (secondary N) is 12. The molecule has 19 N–H and O–H groups in total. The molecular formula is C61H79N15O14. The first-order valence-corrected chi connectivity index (χ1v) is 29.3. The number of para-hydroxylation sites is 2. The zero-order chi connectivity index (χ0) is 65.8. The number of nitrogens with zero attached hydrogens (tertiary/aromatic N) is 1. The third-order valence-corrected chi connectivity index (χ3v) is 15.5. The van der Waals surface area contributed by atoms with Crippen LogP contribution in [0.2, 0.25) is 0 Å². The van der Waals surface area contributed by atoms with Crippen LogP contribution < -0.4 is 59.3 Å². The number of phenols is 1. The number of nitrogens with two attached hydrogens (primary N) is 2. The SMILES string of the molecule is CC[C@H](C)[C@H](NC(=O)[C@H](C)NC(=O)[C@H](Cc1c[nH]c2ccccc12)NC(=O)[C@H](CC(N)=O)NC(=O)[C@H](CO)NC(=O)[C@@H](NC(=O)[C@H](Cc1ccc(O)cc1)NC(=O)[C@H](Cc1c[nH]c2ccccc12)NC(=O)CN)[C@@H](C)CC)C(=O)N[C@@H](Cc1cnc[nH]1)C(=O)O. The second-order valence-electron chi connectivity index (χ2n) is 22.1. The zero-order valence-electron chi connectivity index (χ0n) is 50.4. The smallest absolute Gasteiger partial charge is 0.326 e. The normalized spacial score (nSPS) is 14.9. The highest BCUT2D eigenvalue weighted by atomic mass is 16.4. The number of carboxylic acid groups (broad SMARTS) is 1. The van der Waals surface area contributed by atoms with Crippen LogP contribution in [0.15, 0.2) is 97.7 Å². The number of imidazole rings is 1. The van der Waals surface area contributed by atoms with E-state index in [9.17, 15) is 68.1 Å². The number of carbonyl (C=O) groups is 11. The van der Waals surface area contributed by atoms with Crippen molar-refractivity contribution >= 4 is 86.8 Å². The monoisotopic (exact) mass is 1250 g/mol. The van der Waals surface area contributed by atoms with Crippen LogP contribution in [0.1, 0.15) is 76.3 Å². The van der Waals surface area contributed by atoms with Crippen molar-refractivity contribution in [2.24, 2.45) is 23.3 Å². The van der Waals surface area contributed by atoms with E-state index in [0.717, 1.165) is 10.9 Å². The van der Waals surface area contributed by atoms with E-state index in [1.165, 1.54) is 43.7 Å². The molecule has 482 valence electrons. The lowest BCUT2D eigenvalue weighted by atomic mass is 9.96. The molecular weight excluding hydrogens is 1170 g/mol. The Balaban J connectivity index is 1.18. The number of phenolic OH excluding ortho intramolecular Hbond substituents is 1. The van der Waals surface area contributed by atoms with Crippen LogP contribution in [0.25, 0.3) is 21.8 Å². The summed E-state index contributed by atoms with van der Waals surface area (Å²) in [5, 5.41) is 54.8. The molecule has 0 bridgehead atoms. The van der Waals surface area contributed by atoms with Gasteiger partial charge in [0.25, 0.3) is 0 Å². The van der Waals surface area contributed by atoms with Crippen molar-refractivity contribution in [3.05, 3.63) is 120 Å². The average Bonchev–Trinajstić information content (AvgIpc) is 3.55. The number of aromatic amines is 3. The number of carboxylic acids is 1. The van der Waals surface area contributed by atoms with Crippen molar-refractivity contribution in [3.8, 4) is 5.75 Å². The van der Waals surface area contributed by atoms with Crippen molar-refractivity contribution in [1.82, 2.24) is 67.8 Å². The predicted molar refractivity (Wildman–Crippen MR) is 328 cm³/mol. The Kier molecular flexibility index (Phi) is 25.1. The third-order valence-electron chi connectivity index (χ3n) is 15.5. The summed E-state index contributed by atoms with van der Waals surface area (Å²) < 4.78 is 0. The highest BCUT2D eigenvalue weighted by Gasteiger charge is 2.37. The Hall–Kier alpha value is -10.2. The topological polar surface area (TPSA) is 469 Å². The number of H-pyrrole nitrogens is 3. The van der Waals surface area contributed by atoms with Gasteiger partial charge >= 0.3 is 5.97 Å². The Morgan fingerprint density at radius 1 is 0.522 bits per heavy atom. The Morgan fingerprint density at radius 3 is 1.48 bits per heavy atom. The molecule has 3 aromatic carbocycles. The highest BCUT2D eigenvalue weighted by molar-refractivity contribution is 6.00. The average molecular weight is 1250 g/mol. The summed E-state index contributed by atoms with van der Waals surface area (Å²) in [6.45, 7) is 6.50. The van der Waals surface area contributed by atoms with E-state index >= 15 is 0 Å². The van der Waals surface area contributed by atoms with Gasteiger partial charge in [-0.25, -0.2) is 9.78 Å². The summed E-state index contributed by atoms with van der Waals surface area (Å²) >= 11 is 0. The molecule has 6 rings (SSSR count). The summed E-state index contributed by atoms with van der Waals surface area (Å²) in [6.07, 6.45) is 5.18. The van der Waals surface area contributed by atoms with Crippen LogP contribution in [0.4, 0.5) is 0 Å². The van der Waals surface area contributed by atoms with Crippen LogP contribution >= 0.6 is 0 Å². The summed E-state index contributed by atoms with van der Waals surface area (Å²) in [7, 11) is 0. The minimum atomic E-state index is -1.86. The molecule has 0 aliphatic rings. The Bertz CT molecular complexity index is 3500. The molecule has 29 heteroatoms. The minimum absolute atomic E-state index is 0.0287. The number of hydrogen-bond acceptors (Lipinski definition) is 15. The molecule has 0 saturated heterocycles. The van der Waals surface area contributed by atoms with E-state index in [-0.39, 0.29) is 37.9 Å². The third kappa shape index (κ3) is 19.2. The van der Waals surface area contributed by atoms with Crippen molar-refractivity contribution in [2.75, 3.05) is 13.2 Å². The fraction of sp³-hybridized carbons (Fsp3) is 0.410. The van der Waals surface area contributed by atoms with Crippen LogP contribution in [0.5, 0.6) is 5.75 Å². The number of aliphatic hydroxyl groups excluding tert-OH is 1. The quantitative estimate of drug-likeness (QED) is 0.0224. The van der Waals surface area contributed by atoms with Gasteiger partial charge in [0.1, 0.15) is 60.1 Å². The van der Waals surface area contributed by atoms with Gasteiger partial charge in [-0.3, -0.25) is 47.9 Å². The molecule has 3 heterocycles. The highest BCUT2D eigenvalue weighted by Crippen LogP contribution is 2.22. The van der Waals surface area contributed by atoms with E-state index in [2.05, 4.69) is 67.8 Å². The lowest BCUT2D eigenvalue weighted by Gasteiger charge is -2.29. The summed E-state index contributed by atoms with van der Waals surface area (Å²) in [4.78, 5) is 164. The van der Waals surface area contributed by atoms with Gasteiger partial charge in [0.15, 0.2) is 0 Å². The first-order valence-electron chi connectivity index (χ1n) is 29.3. The fourth-order valence-electron chi connectivity index (χ4n) is 9.87. The van der Waals surface area contributed by atoms with Crippen LogP contribution in [-0.2, 0) is 78.4 Å². The summed E-state index contributed by atoms with van der Waals surface area (Å²) in [6, 6.07) is 6.58. The van der Waals surface area contributed by atoms with Gasteiger partial charge in [-0.1, -0.05) is 89.1 Å². The van der Waals surface area contributed by atoms with Crippen molar-refractivity contribution in [3.63, 3.8) is 0 Å². The number of carbonyl (C=O) groups excluding carboxylic acids is 10. The molecule has 0 aliphatic carbocycles. The molecule has 0 fully saturated rings. The van der Waals surface area contributed by atoms with Gasteiger partial charge < -0.3 is 89.6 Å². The lowest BCUT2D eigenvalue weighted by Crippen LogP contribution is -2.62. The molecule has 0 unspecified atom stereocenters. The number of rotatable bonds is 34. The van der Waals surface area contributed by atoms with Crippen molar-refractivity contribution < 1.29 is 68.1 Å². The summed E-state index contributed by atoms with van der Waals surface area (Å²) in [5.74, 6) is -12.0.